The zero-order valence-electron chi connectivity index (χ0n) is 14.1. The Morgan fingerprint density at radius 2 is 1.79 bits per heavy atom. The smallest absolute Gasteiger partial charge is 0.305 e. The Morgan fingerprint density at radius 1 is 1.21 bits per heavy atom. The first-order chi connectivity index (χ1) is 11.3. The summed E-state index contributed by atoms with van der Waals surface area (Å²) in [5, 5.41) is 12.0. The molecule has 0 aliphatic carbocycles. The van der Waals surface area contributed by atoms with Crippen LogP contribution in [0.3, 0.4) is 0 Å². The lowest BCUT2D eigenvalue weighted by Crippen LogP contribution is -2.51. The second kappa shape index (κ2) is 9.27. The minimum atomic E-state index is -0.965. The van der Waals surface area contributed by atoms with E-state index in [0.717, 1.165) is 0 Å². The standard InChI is InChI=1S/C17H23ClN2O4/c1-4-20(10-9-14(21)22)17(24)15(11(2)3)19-16(23)12-5-7-13(18)8-6-12/h5-8,11,15H,4,9-10H2,1-3H3,(H,19,23)(H,21,22). The fraction of sp³-hybridized carbons (Fsp3) is 0.471. The summed E-state index contributed by atoms with van der Waals surface area (Å²) in [6.45, 7) is 5.93. The summed E-state index contributed by atoms with van der Waals surface area (Å²) in [6, 6.07) is 5.66. The summed E-state index contributed by atoms with van der Waals surface area (Å²) in [6.07, 6.45) is -0.129. The third-order valence-electron chi connectivity index (χ3n) is 3.61. The number of benzene rings is 1. The molecule has 1 atom stereocenters. The Balaban J connectivity index is 2.84. The summed E-state index contributed by atoms with van der Waals surface area (Å²) in [4.78, 5) is 37.1. The predicted molar refractivity (Wildman–Crippen MR) is 92.1 cm³/mol. The lowest BCUT2D eigenvalue weighted by atomic mass is 10.0. The normalized spacial score (nSPS) is 11.9. The van der Waals surface area contributed by atoms with Crippen molar-refractivity contribution >= 4 is 29.4 Å². The molecule has 1 aromatic rings. The van der Waals surface area contributed by atoms with Gasteiger partial charge in [0, 0.05) is 23.7 Å². The van der Waals surface area contributed by atoms with Gasteiger partial charge >= 0.3 is 5.97 Å². The minimum absolute atomic E-state index is 0.116. The van der Waals surface area contributed by atoms with Gasteiger partial charge in [-0.25, -0.2) is 0 Å². The molecular weight excluding hydrogens is 332 g/mol. The Hall–Kier alpha value is -2.08. The van der Waals surface area contributed by atoms with Crippen LogP contribution in [0.25, 0.3) is 0 Å². The number of hydrogen-bond donors (Lipinski definition) is 2. The van der Waals surface area contributed by atoms with Crippen LogP contribution in [0.15, 0.2) is 24.3 Å². The van der Waals surface area contributed by atoms with Crippen LogP contribution < -0.4 is 5.32 Å². The molecule has 0 aromatic heterocycles. The van der Waals surface area contributed by atoms with Crippen molar-refractivity contribution in [2.45, 2.75) is 33.2 Å². The van der Waals surface area contributed by atoms with Gasteiger partial charge in [0.05, 0.1) is 6.42 Å². The van der Waals surface area contributed by atoms with E-state index in [9.17, 15) is 14.4 Å². The van der Waals surface area contributed by atoms with Gasteiger partial charge in [0.2, 0.25) is 5.91 Å². The van der Waals surface area contributed by atoms with E-state index in [1.165, 1.54) is 4.90 Å². The molecule has 1 aromatic carbocycles. The van der Waals surface area contributed by atoms with Crippen molar-refractivity contribution in [3.05, 3.63) is 34.9 Å². The Labute approximate surface area is 146 Å². The number of halogens is 1. The van der Waals surface area contributed by atoms with Crippen LogP contribution >= 0.6 is 11.6 Å². The van der Waals surface area contributed by atoms with Crippen LogP contribution in [0.2, 0.25) is 5.02 Å². The number of likely N-dealkylation sites (N-methyl/N-ethyl adjacent to an activating group) is 1. The molecule has 24 heavy (non-hydrogen) atoms. The van der Waals surface area contributed by atoms with Crippen molar-refractivity contribution in [1.29, 1.82) is 0 Å². The molecule has 0 fully saturated rings. The molecule has 1 unspecified atom stereocenters. The summed E-state index contributed by atoms with van der Waals surface area (Å²) in [5.74, 6) is -1.75. The van der Waals surface area contributed by atoms with Gasteiger partial charge < -0.3 is 15.3 Å². The van der Waals surface area contributed by atoms with Crippen molar-refractivity contribution in [2.75, 3.05) is 13.1 Å². The molecule has 2 N–H and O–H groups in total. The number of carbonyl (C=O) groups excluding carboxylic acids is 2. The van der Waals surface area contributed by atoms with Crippen molar-refractivity contribution in [1.82, 2.24) is 10.2 Å². The van der Waals surface area contributed by atoms with Gasteiger partial charge in [0.25, 0.3) is 5.91 Å². The molecule has 0 saturated heterocycles. The molecule has 0 aliphatic rings. The van der Waals surface area contributed by atoms with Crippen LogP contribution in [0.1, 0.15) is 37.6 Å². The number of rotatable bonds is 8. The number of hydrogen-bond acceptors (Lipinski definition) is 3. The minimum Gasteiger partial charge on any atom is -0.481 e. The third kappa shape index (κ3) is 5.85. The van der Waals surface area contributed by atoms with Gasteiger partial charge in [-0.1, -0.05) is 25.4 Å². The Morgan fingerprint density at radius 3 is 2.25 bits per heavy atom. The van der Waals surface area contributed by atoms with Crippen LogP contribution in [0.5, 0.6) is 0 Å². The van der Waals surface area contributed by atoms with Crippen molar-refractivity contribution in [3.63, 3.8) is 0 Å². The van der Waals surface area contributed by atoms with E-state index in [4.69, 9.17) is 16.7 Å². The lowest BCUT2D eigenvalue weighted by molar-refractivity contribution is -0.139. The van der Waals surface area contributed by atoms with Crippen LogP contribution in [0, 0.1) is 5.92 Å². The van der Waals surface area contributed by atoms with E-state index in [0.29, 0.717) is 17.1 Å². The van der Waals surface area contributed by atoms with Gasteiger partial charge in [-0.15, -0.1) is 0 Å². The highest BCUT2D eigenvalue weighted by Gasteiger charge is 2.28. The molecule has 0 radical (unpaired) electrons. The number of carboxylic acid groups (broad SMARTS) is 1. The highest BCUT2D eigenvalue weighted by molar-refractivity contribution is 6.30. The monoisotopic (exact) mass is 354 g/mol. The largest absolute Gasteiger partial charge is 0.481 e. The van der Waals surface area contributed by atoms with E-state index in [-0.39, 0.29) is 30.7 Å². The summed E-state index contributed by atoms with van der Waals surface area (Å²) in [7, 11) is 0. The Bertz CT molecular complexity index is 587. The first kappa shape index (κ1) is 20.0. The zero-order chi connectivity index (χ0) is 18.3. The van der Waals surface area contributed by atoms with E-state index < -0.39 is 12.0 Å². The summed E-state index contributed by atoms with van der Waals surface area (Å²) < 4.78 is 0. The first-order valence-electron chi connectivity index (χ1n) is 7.83. The molecular formula is C17H23ClN2O4. The summed E-state index contributed by atoms with van der Waals surface area (Å²) >= 11 is 5.80. The van der Waals surface area contributed by atoms with E-state index in [1.807, 2.05) is 13.8 Å². The molecule has 0 saturated carbocycles. The second-order valence-electron chi connectivity index (χ2n) is 5.76. The highest BCUT2D eigenvalue weighted by atomic mass is 35.5. The molecule has 0 spiro atoms. The molecule has 2 amide bonds. The molecule has 7 heteroatoms. The number of carboxylic acids is 1. The number of nitrogens with one attached hydrogen (secondary N) is 1. The van der Waals surface area contributed by atoms with Gasteiger partial charge in [0.15, 0.2) is 0 Å². The van der Waals surface area contributed by atoms with Crippen LogP contribution in [0.4, 0.5) is 0 Å². The number of amides is 2. The maximum Gasteiger partial charge on any atom is 0.305 e. The van der Waals surface area contributed by atoms with Gasteiger partial charge in [-0.3, -0.25) is 14.4 Å². The number of aliphatic carboxylic acids is 1. The average molecular weight is 355 g/mol. The van der Waals surface area contributed by atoms with E-state index in [2.05, 4.69) is 5.32 Å². The van der Waals surface area contributed by atoms with Gasteiger partial charge in [-0.05, 0) is 37.1 Å². The molecule has 132 valence electrons. The fourth-order valence-corrected chi connectivity index (χ4v) is 2.32. The van der Waals surface area contributed by atoms with E-state index >= 15 is 0 Å². The average Bonchev–Trinajstić information content (AvgIpc) is 2.52. The maximum atomic E-state index is 12.6. The first-order valence-corrected chi connectivity index (χ1v) is 8.21. The summed E-state index contributed by atoms with van der Waals surface area (Å²) in [5.41, 5.74) is 0.409. The predicted octanol–water partition coefficient (Wildman–Crippen LogP) is 2.42. The Kier molecular flexibility index (Phi) is 7.71. The third-order valence-corrected chi connectivity index (χ3v) is 3.87. The number of nitrogens with zero attached hydrogens (tertiary/aromatic N) is 1. The topological polar surface area (TPSA) is 86.7 Å². The quantitative estimate of drug-likeness (QED) is 0.750. The van der Waals surface area contributed by atoms with Crippen LogP contribution in [-0.2, 0) is 9.59 Å². The molecule has 1 rings (SSSR count). The highest BCUT2D eigenvalue weighted by Crippen LogP contribution is 2.12. The van der Waals surface area contributed by atoms with Gasteiger partial charge in [0.1, 0.15) is 6.04 Å². The van der Waals surface area contributed by atoms with Crippen LogP contribution in [-0.4, -0.2) is 46.9 Å². The van der Waals surface area contributed by atoms with Gasteiger partial charge in [-0.2, -0.15) is 0 Å². The zero-order valence-corrected chi connectivity index (χ0v) is 14.8. The molecule has 0 aliphatic heterocycles. The van der Waals surface area contributed by atoms with Crippen molar-refractivity contribution < 1.29 is 19.5 Å². The lowest BCUT2D eigenvalue weighted by Gasteiger charge is -2.28. The fourth-order valence-electron chi connectivity index (χ4n) is 2.19. The molecule has 0 heterocycles. The maximum absolute atomic E-state index is 12.6. The van der Waals surface area contributed by atoms with Crippen molar-refractivity contribution in [3.8, 4) is 0 Å². The number of carbonyl (C=O) groups is 3. The SMILES string of the molecule is CCN(CCC(=O)O)C(=O)C(NC(=O)c1ccc(Cl)cc1)C(C)C. The second-order valence-corrected chi connectivity index (χ2v) is 6.20. The van der Waals surface area contributed by atoms with Crippen molar-refractivity contribution in [2.24, 2.45) is 5.92 Å². The molecule has 0 bridgehead atoms. The van der Waals surface area contributed by atoms with E-state index in [1.54, 1.807) is 31.2 Å². The molecule has 6 nitrogen and oxygen atoms in total.